The number of aryl methyl sites for hydroxylation is 1. The highest BCUT2D eigenvalue weighted by molar-refractivity contribution is 5.95. The normalized spacial score (nSPS) is 16.2. The van der Waals surface area contributed by atoms with Gasteiger partial charge in [0.2, 0.25) is 0 Å². The van der Waals surface area contributed by atoms with Gasteiger partial charge in [-0.25, -0.2) is 4.98 Å². The number of aliphatic hydroxyl groups excluding tert-OH is 1. The smallest absolute Gasteiger partial charge is 0.293 e. The van der Waals surface area contributed by atoms with Gasteiger partial charge >= 0.3 is 0 Å². The number of hydrogen-bond donors (Lipinski definition) is 2. The highest BCUT2D eigenvalue weighted by Crippen LogP contribution is 2.35. The lowest BCUT2D eigenvalue weighted by molar-refractivity contribution is -0.384. The molecule has 0 aliphatic carbocycles. The summed E-state index contributed by atoms with van der Waals surface area (Å²) in [7, 11) is 3.33. The second-order valence-electron chi connectivity index (χ2n) is 6.71. The first-order valence-electron chi connectivity index (χ1n) is 8.83. The summed E-state index contributed by atoms with van der Waals surface area (Å²) in [6.07, 6.45) is 4.19. The average Bonchev–Trinajstić information content (AvgIpc) is 3.12. The van der Waals surface area contributed by atoms with Gasteiger partial charge in [0.1, 0.15) is 17.6 Å². The summed E-state index contributed by atoms with van der Waals surface area (Å²) in [4.78, 5) is 28.9. The second kappa shape index (κ2) is 7.75. The van der Waals surface area contributed by atoms with Gasteiger partial charge in [-0.05, 0) is 30.9 Å². The van der Waals surface area contributed by atoms with E-state index in [9.17, 15) is 20.0 Å². The van der Waals surface area contributed by atoms with E-state index in [-0.39, 0.29) is 23.1 Å². The number of carbonyl (C=O) groups is 1. The van der Waals surface area contributed by atoms with Crippen LogP contribution in [0.5, 0.6) is 0 Å². The third kappa shape index (κ3) is 3.77. The van der Waals surface area contributed by atoms with Crippen molar-refractivity contribution in [3.8, 4) is 0 Å². The molecule has 0 radical (unpaired) electrons. The number of aliphatic hydroxyl groups is 1. The molecule has 27 heavy (non-hydrogen) atoms. The van der Waals surface area contributed by atoms with E-state index >= 15 is 0 Å². The Kier molecular flexibility index (Phi) is 5.41. The zero-order chi connectivity index (χ0) is 19.6. The average molecular weight is 373 g/mol. The molecule has 1 atom stereocenters. The first kappa shape index (κ1) is 18.8. The minimum absolute atomic E-state index is 0.0477. The summed E-state index contributed by atoms with van der Waals surface area (Å²) in [5.41, 5.74) is 0.671. The number of nitro groups is 1. The summed E-state index contributed by atoms with van der Waals surface area (Å²) in [6, 6.07) is 4.52. The van der Waals surface area contributed by atoms with Gasteiger partial charge in [-0.2, -0.15) is 0 Å². The zero-order valence-corrected chi connectivity index (χ0v) is 15.3. The van der Waals surface area contributed by atoms with Gasteiger partial charge < -0.3 is 19.9 Å². The molecule has 1 aliphatic heterocycles. The predicted molar refractivity (Wildman–Crippen MR) is 99.6 cm³/mol. The van der Waals surface area contributed by atoms with Gasteiger partial charge in [0.15, 0.2) is 0 Å². The molecule has 3 rings (SSSR count). The van der Waals surface area contributed by atoms with Crippen molar-refractivity contribution in [1.29, 1.82) is 0 Å². The van der Waals surface area contributed by atoms with Crippen LogP contribution in [0.25, 0.3) is 0 Å². The number of rotatable bonds is 5. The van der Waals surface area contributed by atoms with Crippen molar-refractivity contribution in [2.75, 3.05) is 25.0 Å². The Morgan fingerprint density at radius 1 is 1.41 bits per heavy atom. The molecule has 1 fully saturated rings. The number of nitrogens with one attached hydrogen (secondary N) is 1. The summed E-state index contributed by atoms with van der Waals surface area (Å²) in [5, 5.41) is 24.5. The lowest BCUT2D eigenvalue weighted by Gasteiger charge is -2.35. The molecule has 1 amide bonds. The molecule has 144 valence electrons. The minimum atomic E-state index is -0.655. The number of imidazole rings is 1. The molecule has 9 heteroatoms. The summed E-state index contributed by atoms with van der Waals surface area (Å²) in [6.45, 7) is 1.18. The van der Waals surface area contributed by atoms with Crippen molar-refractivity contribution in [2.24, 2.45) is 13.0 Å². The van der Waals surface area contributed by atoms with Crippen LogP contribution < -0.4 is 10.2 Å². The summed E-state index contributed by atoms with van der Waals surface area (Å²) in [5.74, 6) is 0.322. The lowest BCUT2D eigenvalue weighted by Crippen LogP contribution is -2.36. The number of hydrogen-bond acceptors (Lipinski definition) is 6. The molecule has 0 bridgehead atoms. The first-order valence-corrected chi connectivity index (χ1v) is 8.83. The molecule has 1 aliphatic rings. The van der Waals surface area contributed by atoms with Gasteiger partial charge in [0, 0.05) is 51.2 Å². The molecule has 1 unspecified atom stereocenters. The Balaban J connectivity index is 1.75. The van der Waals surface area contributed by atoms with E-state index in [1.54, 1.807) is 29.1 Å². The predicted octanol–water partition coefficient (Wildman–Crippen LogP) is 1.64. The molecule has 9 nitrogen and oxygen atoms in total. The molecular weight excluding hydrogens is 350 g/mol. The van der Waals surface area contributed by atoms with Crippen LogP contribution in [0.1, 0.15) is 35.1 Å². The number of aromatic nitrogens is 2. The van der Waals surface area contributed by atoms with Crippen molar-refractivity contribution >= 4 is 17.3 Å². The van der Waals surface area contributed by atoms with Crippen molar-refractivity contribution < 1.29 is 14.8 Å². The minimum Gasteiger partial charge on any atom is -0.385 e. The Morgan fingerprint density at radius 3 is 2.67 bits per heavy atom. The Labute approximate surface area is 156 Å². The van der Waals surface area contributed by atoms with E-state index in [1.165, 1.54) is 13.1 Å². The van der Waals surface area contributed by atoms with E-state index < -0.39 is 11.0 Å². The second-order valence-corrected chi connectivity index (χ2v) is 6.71. The SMILES string of the molecule is CNC(=O)c1ccc(N2CCC(C(O)c3nccn3C)CC2)c([N+](=O)[O-])c1. The maximum atomic E-state index is 11.8. The lowest BCUT2D eigenvalue weighted by atomic mass is 9.90. The van der Waals surface area contributed by atoms with Crippen LogP contribution >= 0.6 is 0 Å². The largest absolute Gasteiger partial charge is 0.385 e. The fourth-order valence-electron chi connectivity index (χ4n) is 3.55. The van der Waals surface area contributed by atoms with Crippen molar-refractivity contribution in [3.05, 3.63) is 52.1 Å². The van der Waals surface area contributed by atoms with Crippen LogP contribution in [-0.2, 0) is 7.05 Å². The fraction of sp³-hybridized carbons (Fsp3) is 0.444. The molecular formula is C18H23N5O4. The molecule has 1 saturated heterocycles. The molecule has 2 aromatic rings. The van der Waals surface area contributed by atoms with Crippen molar-refractivity contribution in [2.45, 2.75) is 18.9 Å². The van der Waals surface area contributed by atoms with Crippen LogP contribution in [0.3, 0.4) is 0 Å². The highest BCUT2D eigenvalue weighted by atomic mass is 16.6. The fourth-order valence-corrected chi connectivity index (χ4v) is 3.55. The van der Waals surface area contributed by atoms with E-state index in [0.29, 0.717) is 37.4 Å². The highest BCUT2D eigenvalue weighted by Gasteiger charge is 2.31. The molecule has 2 N–H and O–H groups in total. The number of benzene rings is 1. The van der Waals surface area contributed by atoms with E-state index in [1.807, 2.05) is 11.9 Å². The van der Waals surface area contributed by atoms with Gasteiger partial charge in [0.05, 0.1) is 4.92 Å². The van der Waals surface area contributed by atoms with Crippen LogP contribution in [0.4, 0.5) is 11.4 Å². The van der Waals surface area contributed by atoms with E-state index in [2.05, 4.69) is 10.3 Å². The van der Waals surface area contributed by atoms with Crippen molar-refractivity contribution in [3.63, 3.8) is 0 Å². The topological polar surface area (TPSA) is 114 Å². The standard InChI is InChI=1S/C18H23N5O4/c1-19-18(25)13-3-4-14(15(11-13)23(26)27)22-8-5-12(6-9-22)16(24)17-20-7-10-21(17)2/h3-4,7,10-12,16,24H,5-6,8-9H2,1-2H3,(H,19,25). The van der Waals surface area contributed by atoms with Crippen molar-refractivity contribution in [1.82, 2.24) is 14.9 Å². The Hall–Kier alpha value is -2.94. The van der Waals surface area contributed by atoms with Gasteiger partial charge in [0.25, 0.3) is 11.6 Å². The summed E-state index contributed by atoms with van der Waals surface area (Å²) < 4.78 is 1.80. The number of amides is 1. The quantitative estimate of drug-likeness (QED) is 0.608. The third-order valence-corrected chi connectivity index (χ3v) is 5.11. The number of piperidine rings is 1. The molecule has 1 aromatic carbocycles. The molecule has 1 aromatic heterocycles. The first-order chi connectivity index (χ1) is 12.9. The van der Waals surface area contributed by atoms with E-state index in [0.717, 1.165) is 0 Å². The van der Waals surface area contributed by atoms with Crippen LogP contribution in [-0.4, -0.2) is 45.6 Å². The Bertz CT molecular complexity index is 842. The number of anilines is 1. The van der Waals surface area contributed by atoms with Crippen LogP contribution in [0.15, 0.2) is 30.6 Å². The monoisotopic (exact) mass is 373 g/mol. The number of carbonyl (C=O) groups excluding carboxylic acids is 1. The van der Waals surface area contributed by atoms with Crippen LogP contribution in [0.2, 0.25) is 0 Å². The molecule has 2 heterocycles. The number of nitro benzene ring substituents is 1. The van der Waals surface area contributed by atoms with Crippen LogP contribution in [0, 0.1) is 16.0 Å². The third-order valence-electron chi connectivity index (χ3n) is 5.11. The molecule has 0 spiro atoms. The molecule has 0 saturated carbocycles. The Morgan fingerprint density at radius 2 is 2.11 bits per heavy atom. The maximum Gasteiger partial charge on any atom is 0.293 e. The zero-order valence-electron chi connectivity index (χ0n) is 15.3. The van der Waals surface area contributed by atoms with Gasteiger partial charge in [-0.1, -0.05) is 0 Å². The van der Waals surface area contributed by atoms with Gasteiger partial charge in [-0.15, -0.1) is 0 Å². The van der Waals surface area contributed by atoms with Gasteiger partial charge in [-0.3, -0.25) is 14.9 Å². The number of nitrogens with zero attached hydrogens (tertiary/aromatic N) is 4. The summed E-state index contributed by atoms with van der Waals surface area (Å²) >= 11 is 0. The van der Waals surface area contributed by atoms with E-state index in [4.69, 9.17) is 0 Å². The maximum absolute atomic E-state index is 11.8.